The van der Waals surface area contributed by atoms with Crippen molar-refractivity contribution in [1.29, 1.82) is 0 Å². The first-order valence-electron chi connectivity index (χ1n) is 6.41. The molecule has 20 heavy (non-hydrogen) atoms. The quantitative estimate of drug-likeness (QED) is 0.701. The average Bonchev–Trinajstić information content (AvgIpc) is 2.37. The van der Waals surface area contributed by atoms with Crippen LogP contribution in [-0.2, 0) is 14.3 Å². The third kappa shape index (κ3) is 6.19. The highest BCUT2D eigenvalue weighted by Gasteiger charge is 2.06. The van der Waals surface area contributed by atoms with Crippen LogP contribution in [0.2, 0.25) is 0 Å². The minimum absolute atomic E-state index is 0.0172. The number of nitrogens with one attached hydrogen (secondary N) is 3. The highest BCUT2D eigenvalue weighted by molar-refractivity contribution is 5.88. The normalized spacial score (nSPS) is 11.6. The lowest BCUT2D eigenvalue weighted by Crippen LogP contribution is -2.39. The van der Waals surface area contributed by atoms with Crippen LogP contribution in [0.5, 0.6) is 0 Å². The average molecular weight is 279 g/mol. The maximum Gasteiger partial charge on any atom is 0.239 e. The Kier molecular flexibility index (Phi) is 6.52. The molecule has 0 saturated heterocycles. The first-order chi connectivity index (χ1) is 9.51. The molecule has 0 bridgehead atoms. The van der Waals surface area contributed by atoms with Gasteiger partial charge in [0, 0.05) is 31.5 Å². The molecular weight excluding hydrogens is 258 g/mol. The van der Waals surface area contributed by atoms with E-state index in [1.54, 1.807) is 31.4 Å². The summed E-state index contributed by atoms with van der Waals surface area (Å²) in [6, 6.07) is 7.13. The van der Waals surface area contributed by atoms with Gasteiger partial charge in [0.25, 0.3) is 0 Å². The number of hydrogen-bond acceptors (Lipinski definition) is 4. The maximum atomic E-state index is 11.6. The maximum absolute atomic E-state index is 11.6. The van der Waals surface area contributed by atoms with Gasteiger partial charge in [0.15, 0.2) is 0 Å². The first kappa shape index (κ1) is 16.0. The molecule has 1 rings (SSSR count). The SMILES string of the molecule is COCC(C)NC(=O)CNc1ccc(NC(C)=O)cc1. The molecule has 0 heterocycles. The summed E-state index contributed by atoms with van der Waals surface area (Å²) in [4.78, 5) is 22.5. The molecule has 0 spiro atoms. The standard InChI is InChI=1S/C14H21N3O3/c1-10(9-20-3)16-14(19)8-15-12-4-6-13(7-5-12)17-11(2)18/h4-7,10,15H,8-9H2,1-3H3,(H,16,19)(H,17,18). The Morgan fingerprint density at radius 2 is 1.80 bits per heavy atom. The highest BCUT2D eigenvalue weighted by Crippen LogP contribution is 2.12. The van der Waals surface area contributed by atoms with Gasteiger partial charge in [-0.25, -0.2) is 0 Å². The third-order valence-corrected chi connectivity index (χ3v) is 2.48. The number of carbonyl (C=O) groups excluding carboxylic acids is 2. The van der Waals surface area contributed by atoms with E-state index in [9.17, 15) is 9.59 Å². The van der Waals surface area contributed by atoms with E-state index >= 15 is 0 Å². The monoisotopic (exact) mass is 279 g/mol. The van der Waals surface area contributed by atoms with Crippen molar-refractivity contribution in [3.8, 4) is 0 Å². The summed E-state index contributed by atoms with van der Waals surface area (Å²) in [6.07, 6.45) is 0. The number of hydrogen-bond donors (Lipinski definition) is 3. The highest BCUT2D eigenvalue weighted by atomic mass is 16.5. The molecule has 0 aliphatic carbocycles. The summed E-state index contributed by atoms with van der Waals surface area (Å²) in [5, 5.41) is 8.49. The van der Waals surface area contributed by atoms with Crippen LogP contribution >= 0.6 is 0 Å². The number of benzene rings is 1. The minimum atomic E-state index is -0.114. The Morgan fingerprint density at radius 3 is 2.35 bits per heavy atom. The van der Waals surface area contributed by atoms with Gasteiger partial charge in [0.1, 0.15) is 0 Å². The Bertz CT molecular complexity index is 445. The van der Waals surface area contributed by atoms with E-state index in [0.717, 1.165) is 11.4 Å². The van der Waals surface area contributed by atoms with Crippen LogP contribution in [0.1, 0.15) is 13.8 Å². The number of amides is 2. The van der Waals surface area contributed by atoms with Crippen molar-refractivity contribution in [2.45, 2.75) is 19.9 Å². The van der Waals surface area contributed by atoms with Gasteiger partial charge >= 0.3 is 0 Å². The number of methoxy groups -OCH3 is 1. The molecule has 1 atom stereocenters. The van der Waals surface area contributed by atoms with Gasteiger partial charge in [-0.1, -0.05) is 0 Å². The summed E-state index contributed by atoms with van der Waals surface area (Å²) in [7, 11) is 1.59. The summed E-state index contributed by atoms with van der Waals surface area (Å²) in [5.74, 6) is -0.210. The molecular formula is C14H21N3O3. The molecule has 0 aliphatic rings. The Balaban J connectivity index is 2.38. The lowest BCUT2D eigenvalue weighted by atomic mass is 10.2. The van der Waals surface area contributed by atoms with E-state index in [4.69, 9.17) is 4.74 Å². The van der Waals surface area contributed by atoms with Crippen molar-refractivity contribution in [2.75, 3.05) is 30.9 Å². The number of rotatable bonds is 7. The fraction of sp³-hybridized carbons (Fsp3) is 0.429. The van der Waals surface area contributed by atoms with Crippen molar-refractivity contribution in [1.82, 2.24) is 5.32 Å². The largest absolute Gasteiger partial charge is 0.383 e. The van der Waals surface area contributed by atoms with Gasteiger partial charge in [-0.2, -0.15) is 0 Å². The van der Waals surface area contributed by atoms with Crippen LogP contribution < -0.4 is 16.0 Å². The summed E-state index contributed by atoms with van der Waals surface area (Å²) in [5.41, 5.74) is 1.54. The Labute approximate surface area is 118 Å². The van der Waals surface area contributed by atoms with Gasteiger partial charge in [-0.15, -0.1) is 0 Å². The number of anilines is 2. The van der Waals surface area contributed by atoms with Crippen molar-refractivity contribution < 1.29 is 14.3 Å². The van der Waals surface area contributed by atoms with E-state index in [1.807, 2.05) is 6.92 Å². The van der Waals surface area contributed by atoms with Crippen LogP contribution in [0.4, 0.5) is 11.4 Å². The zero-order chi connectivity index (χ0) is 15.0. The van der Waals surface area contributed by atoms with Crippen molar-refractivity contribution >= 4 is 23.2 Å². The first-order valence-corrected chi connectivity index (χ1v) is 6.41. The van der Waals surface area contributed by atoms with Gasteiger partial charge in [-0.3, -0.25) is 9.59 Å². The molecule has 0 saturated carbocycles. The molecule has 0 aliphatic heterocycles. The van der Waals surface area contributed by atoms with E-state index in [0.29, 0.717) is 6.61 Å². The molecule has 110 valence electrons. The van der Waals surface area contributed by atoms with E-state index < -0.39 is 0 Å². The van der Waals surface area contributed by atoms with Crippen molar-refractivity contribution in [2.24, 2.45) is 0 Å². The Morgan fingerprint density at radius 1 is 1.20 bits per heavy atom. The molecule has 1 aromatic carbocycles. The molecule has 0 fully saturated rings. The second kappa shape index (κ2) is 8.16. The number of carbonyl (C=O) groups is 2. The van der Waals surface area contributed by atoms with E-state index in [-0.39, 0.29) is 24.4 Å². The molecule has 2 amide bonds. The van der Waals surface area contributed by atoms with Gasteiger partial charge in [-0.05, 0) is 31.2 Å². The second-order valence-electron chi connectivity index (χ2n) is 4.54. The molecule has 1 unspecified atom stereocenters. The summed E-state index contributed by atoms with van der Waals surface area (Å²) < 4.78 is 4.94. The number of ether oxygens (including phenoxy) is 1. The van der Waals surface area contributed by atoms with Gasteiger partial charge < -0.3 is 20.7 Å². The zero-order valence-corrected chi connectivity index (χ0v) is 12.0. The van der Waals surface area contributed by atoms with Crippen LogP contribution in [-0.4, -0.2) is 38.1 Å². The predicted molar refractivity (Wildman–Crippen MR) is 78.7 cm³/mol. The third-order valence-electron chi connectivity index (χ3n) is 2.48. The van der Waals surface area contributed by atoms with Gasteiger partial charge in [0.05, 0.1) is 13.2 Å². The van der Waals surface area contributed by atoms with Crippen LogP contribution in [0, 0.1) is 0 Å². The predicted octanol–water partition coefficient (Wildman–Crippen LogP) is 1.21. The molecule has 6 nitrogen and oxygen atoms in total. The van der Waals surface area contributed by atoms with Crippen LogP contribution in [0.3, 0.4) is 0 Å². The fourth-order valence-corrected chi connectivity index (χ4v) is 1.67. The van der Waals surface area contributed by atoms with Crippen molar-refractivity contribution in [3.05, 3.63) is 24.3 Å². The Hall–Kier alpha value is -2.08. The minimum Gasteiger partial charge on any atom is -0.383 e. The lowest BCUT2D eigenvalue weighted by Gasteiger charge is -2.13. The van der Waals surface area contributed by atoms with Crippen LogP contribution in [0.25, 0.3) is 0 Å². The molecule has 0 aromatic heterocycles. The van der Waals surface area contributed by atoms with Crippen molar-refractivity contribution in [3.63, 3.8) is 0 Å². The molecule has 3 N–H and O–H groups in total. The molecule has 0 radical (unpaired) electrons. The summed E-state index contributed by atoms with van der Waals surface area (Å²) >= 11 is 0. The molecule has 6 heteroatoms. The van der Waals surface area contributed by atoms with Crippen LogP contribution in [0.15, 0.2) is 24.3 Å². The van der Waals surface area contributed by atoms with E-state index in [2.05, 4.69) is 16.0 Å². The zero-order valence-electron chi connectivity index (χ0n) is 12.0. The summed E-state index contributed by atoms with van der Waals surface area (Å²) in [6.45, 7) is 4.01. The lowest BCUT2D eigenvalue weighted by molar-refractivity contribution is -0.120. The molecule has 1 aromatic rings. The smallest absolute Gasteiger partial charge is 0.239 e. The fourth-order valence-electron chi connectivity index (χ4n) is 1.67. The topological polar surface area (TPSA) is 79.5 Å². The van der Waals surface area contributed by atoms with E-state index in [1.165, 1.54) is 6.92 Å². The second-order valence-corrected chi connectivity index (χ2v) is 4.54. The van der Waals surface area contributed by atoms with Gasteiger partial charge in [0.2, 0.25) is 11.8 Å².